The Morgan fingerprint density at radius 3 is 2.46 bits per heavy atom. The number of nitrogens with one attached hydrogen (secondary N) is 1. The van der Waals surface area contributed by atoms with E-state index in [0.717, 1.165) is 32.9 Å². The highest BCUT2D eigenvalue weighted by Gasteiger charge is 2.13. The SMILES string of the molecule is Cc1ccccc1C(=O)Nc1ccc(-c2nc(N)sc2C)c(C)c1. The normalized spacial score (nSPS) is 10.6. The first kappa shape index (κ1) is 16.2. The van der Waals surface area contributed by atoms with Crippen molar-refractivity contribution in [2.75, 3.05) is 11.1 Å². The van der Waals surface area contributed by atoms with Crippen molar-refractivity contribution in [3.05, 3.63) is 64.0 Å². The summed E-state index contributed by atoms with van der Waals surface area (Å²) in [5.74, 6) is -0.102. The van der Waals surface area contributed by atoms with Crippen molar-refractivity contribution in [1.82, 2.24) is 4.98 Å². The molecule has 0 radical (unpaired) electrons. The Labute approximate surface area is 145 Å². The number of nitrogens with two attached hydrogens (primary N) is 1. The number of aromatic nitrogens is 1. The summed E-state index contributed by atoms with van der Waals surface area (Å²) < 4.78 is 0. The molecule has 1 heterocycles. The van der Waals surface area contributed by atoms with Crippen LogP contribution in [-0.2, 0) is 0 Å². The van der Waals surface area contributed by atoms with Crippen molar-refractivity contribution < 1.29 is 4.79 Å². The van der Waals surface area contributed by atoms with Crippen LogP contribution < -0.4 is 11.1 Å². The Morgan fingerprint density at radius 1 is 1.08 bits per heavy atom. The van der Waals surface area contributed by atoms with E-state index in [-0.39, 0.29) is 5.91 Å². The summed E-state index contributed by atoms with van der Waals surface area (Å²) in [4.78, 5) is 17.9. The van der Waals surface area contributed by atoms with Crippen molar-refractivity contribution in [3.8, 4) is 11.3 Å². The highest BCUT2D eigenvalue weighted by atomic mass is 32.1. The van der Waals surface area contributed by atoms with Crippen LogP contribution in [0, 0.1) is 20.8 Å². The molecule has 0 aliphatic carbocycles. The molecule has 3 aromatic rings. The third-order valence-electron chi connectivity index (χ3n) is 3.94. The second-order valence-corrected chi connectivity index (χ2v) is 6.99. The smallest absolute Gasteiger partial charge is 0.255 e. The fraction of sp³-hybridized carbons (Fsp3) is 0.158. The van der Waals surface area contributed by atoms with Crippen LogP contribution in [0.2, 0.25) is 0 Å². The lowest BCUT2D eigenvalue weighted by atomic mass is 10.0. The fourth-order valence-corrected chi connectivity index (χ4v) is 3.40. The van der Waals surface area contributed by atoms with E-state index in [4.69, 9.17) is 5.73 Å². The number of anilines is 2. The Morgan fingerprint density at radius 2 is 1.83 bits per heavy atom. The number of benzene rings is 2. The van der Waals surface area contributed by atoms with Gasteiger partial charge in [-0.25, -0.2) is 4.98 Å². The summed E-state index contributed by atoms with van der Waals surface area (Å²) in [5, 5.41) is 3.53. The van der Waals surface area contributed by atoms with Gasteiger partial charge in [0.15, 0.2) is 5.13 Å². The summed E-state index contributed by atoms with van der Waals surface area (Å²) in [6.07, 6.45) is 0. The third-order valence-corrected chi connectivity index (χ3v) is 4.74. The number of hydrogen-bond donors (Lipinski definition) is 2. The molecule has 0 aliphatic heterocycles. The maximum Gasteiger partial charge on any atom is 0.255 e. The molecule has 24 heavy (non-hydrogen) atoms. The lowest BCUT2D eigenvalue weighted by Crippen LogP contribution is -2.13. The predicted octanol–water partition coefficient (Wildman–Crippen LogP) is 4.57. The molecule has 5 heteroatoms. The van der Waals surface area contributed by atoms with E-state index in [0.29, 0.717) is 10.7 Å². The van der Waals surface area contributed by atoms with Crippen LogP contribution in [0.3, 0.4) is 0 Å². The largest absolute Gasteiger partial charge is 0.375 e. The Hall–Kier alpha value is -2.66. The van der Waals surface area contributed by atoms with Crippen LogP contribution in [0.5, 0.6) is 0 Å². The Kier molecular flexibility index (Phi) is 4.36. The zero-order chi connectivity index (χ0) is 17.3. The second kappa shape index (κ2) is 6.45. The molecule has 0 spiro atoms. The molecule has 0 fully saturated rings. The van der Waals surface area contributed by atoms with Gasteiger partial charge in [-0.15, -0.1) is 11.3 Å². The lowest BCUT2D eigenvalue weighted by Gasteiger charge is -2.10. The molecular formula is C19H19N3OS. The molecular weight excluding hydrogens is 318 g/mol. The van der Waals surface area contributed by atoms with Crippen molar-refractivity contribution in [2.24, 2.45) is 0 Å². The summed E-state index contributed by atoms with van der Waals surface area (Å²) >= 11 is 1.48. The standard InChI is InChI=1S/C19H19N3OS/c1-11-6-4-5-7-16(11)18(23)21-14-8-9-15(12(2)10-14)17-13(3)24-19(20)22-17/h4-10H,1-3H3,(H2,20,22)(H,21,23). The zero-order valence-corrected chi connectivity index (χ0v) is 14.7. The molecule has 0 bridgehead atoms. The van der Waals surface area contributed by atoms with Crippen LogP contribution in [-0.4, -0.2) is 10.9 Å². The maximum absolute atomic E-state index is 12.4. The number of thiazole rings is 1. The maximum atomic E-state index is 12.4. The average Bonchev–Trinajstić information content (AvgIpc) is 2.86. The minimum atomic E-state index is -0.102. The van der Waals surface area contributed by atoms with Gasteiger partial charge >= 0.3 is 0 Å². The number of amides is 1. The number of nitrogen functional groups attached to an aromatic ring is 1. The Balaban J connectivity index is 1.86. The molecule has 0 saturated carbocycles. The third kappa shape index (κ3) is 3.16. The van der Waals surface area contributed by atoms with Crippen molar-refractivity contribution in [2.45, 2.75) is 20.8 Å². The van der Waals surface area contributed by atoms with E-state index < -0.39 is 0 Å². The average molecular weight is 337 g/mol. The molecule has 3 N–H and O–H groups in total. The van der Waals surface area contributed by atoms with E-state index >= 15 is 0 Å². The summed E-state index contributed by atoms with van der Waals surface area (Å²) in [6.45, 7) is 5.95. The van der Waals surface area contributed by atoms with E-state index in [9.17, 15) is 4.79 Å². The van der Waals surface area contributed by atoms with Crippen LogP contribution >= 0.6 is 11.3 Å². The molecule has 0 aliphatic rings. The van der Waals surface area contributed by atoms with Gasteiger partial charge in [-0.2, -0.15) is 0 Å². The van der Waals surface area contributed by atoms with Gasteiger partial charge in [-0.3, -0.25) is 4.79 Å². The van der Waals surface area contributed by atoms with E-state index in [2.05, 4.69) is 10.3 Å². The molecule has 0 unspecified atom stereocenters. The van der Waals surface area contributed by atoms with Crippen LogP contribution in [0.25, 0.3) is 11.3 Å². The Bertz CT molecular complexity index is 915. The van der Waals surface area contributed by atoms with Gasteiger partial charge in [0.2, 0.25) is 0 Å². The summed E-state index contributed by atoms with van der Waals surface area (Å²) in [5.41, 5.74) is 11.2. The monoisotopic (exact) mass is 337 g/mol. The number of nitrogens with zero attached hydrogens (tertiary/aromatic N) is 1. The quantitative estimate of drug-likeness (QED) is 0.735. The molecule has 4 nitrogen and oxygen atoms in total. The van der Waals surface area contributed by atoms with Crippen LogP contribution in [0.15, 0.2) is 42.5 Å². The van der Waals surface area contributed by atoms with Gasteiger partial charge in [0.25, 0.3) is 5.91 Å². The highest BCUT2D eigenvalue weighted by molar-refractivity contribution is 7.15. The van der Waals surface area contributed by atoms with Crippen molar-refractivity contribution in [3.63, 3.8) is 0 Å². The molecule has 0 saturated heterocycles. The van der Waals surface area contributed by atoms with E-state index in [1.54, 1.807) is 0 Å². The van der Waals surface area contributed by atoms with Crippen molar-refractivity contribution in [1.29, 1.82) is 0 Å². The molecule has 1 amide bonds. The minimum Gasteiger partial charge on any atom is -0.375 e. The molecule has 3 rings (SSSR count). The second-order valence-electron chi connectivity index (χ2n) is 5.76. The van der Waals surface area contributed by atoms with E-state index in [1.165, 1.54) is 11.3 Å². The van der Waals surface area contributed by atoms with Crippen LogP contribution in [0.4, 0.5) is 10.8 Å². The van der Waals surface area contributed by atoms with Gasteiger partial charge in [-0.05, 0) is 50.1 Å². The summed E-state index contributed by atoms with van der Waals surface area (Å²) in [7, 11) is 0. The van der Waals surface area contributed by atoms with Crippen molar-refractivity contribution >= 4 is 28.1 Å². The summed E-state index contributed by atoms with van der Waals surface area (Å²) in [6, 6.07) is 13.4. The first-order valence-electron chi connectivity index (χ1n) is 7.66. The highest BCUT2D eigenvalue weighted by Crippen LogP contribution is 2.32. The molecule has 122 valence electrons. The topological polar surface area (TPSA) is 68.0 Å². The molecule has 0 atom stereocenters. The first-order valence-corrected chi connectivity index (χ1v) is 8.48. The van der Waals surface area contributed by atoms with Gasteiger partial charge in [0.1, 0.15) is 0 Å². The molecule has 1 aromatic heterocycles. The number of aryl methyl sites for hydroxylation is 3. The predicted molar refractivity (Wildman–Crippen MR) is 101 cm³/mol. The van der Waals surface area contributed by atoms with Gasteiger partial charge in [0.05, 0.1) is 5.69 Å². The fourth-order valence-electron chi connectivity index (χ4n) is 2.70. The zero-order valence-electron chi connectivity index (χ0n) is 13.9. The number of carbonyl (C=O) groups is 1. The van der Waals surface area contributed by atoms with Gasteiger partial charge < -0.3 is 11.1 Å². The number of carbonyl (C=O) groups excluding carboxylic acids is 1. The number of rotatable bonds is 3. The van der Waals surface area contributed by atoms with Gasteiger partial charge in [-0.1, -0.05) is 24.3 Å². The lowest BCUT2D eigenvalue weighted by molar-refractivity contribution is 0.102. The first-order chi connectivity index (χ1) is 11.5. The van der Waals surface area contributed by atoms with Gasteiger partial charge in [0, 0.05) is 21.7 Å². The van der Waals surface area contributed by atoms with E-state index in [1.807, 2.05) is 63.2 Å². The minimum absolute atomic E-state index is 0.102. The number of hydrogen-bond acceptors (Lipinski definition) is 4. The van der Waals surface area contributed by atoms with Crippen LogP contribution in [0.1, 0.15) is 26.4 Å². The molecule has 2 aromatic carbocycles.